The molecule has 0 aromatic carbocycles. The van der Waals surface area contributed by atoms with Crippen molar-refractivity contribution in [2.45, 2.75) is 58.5 Å². The van der Waals surface area contributed by atoms with E-state index in [0.717, 1.165) is 19.3 Å². The zero-order valence-corrected chi connectivity index (χ0v) is 8.71. The average molecular weight is 184 g/mol. The molecule has 1 aliphatic rings. The van der Waals surface area contributed by atoms with E-state index in [4.69, 9.17) is 4.74 Å². The number of esters is 1. The number of carbonyl (C=O) groups excluding carboxylic acids is 1. The first kappa shape index (κ1) is 10.6. The highest BCUT2D eigenvalue weighted by atomic mass is 16.5. The van der Waals surface area contributed by atoms with Gasteiger partial charge in [0, 0.05) is 0 Å². The Kier molecular flexibility index (Phi) is 4.26. The van der Waals surface area contributed by atoms with Crippen LogP contribution in [0.25, 0.3) is 0 Å². The molecule has 1 rings (SSSR count). The first-order valence-corrected chi connectivity index (χ1v) is 5.44. The van der Waals surface area contributed by atoms with Crippen molar-refractivity contribution < 1.29 is 9.53 Å². The van der Waals surface area contributed by atoms with Crippen molar-refractivity contribution in [2.75, 3.05) is 0 Å². The van der Waals surface area contributed by atoms with Gasteiger partial charge in [0.25, 0.3) is 0 Å². The summed E-state index contributed by atoms with van der Waals surface area (Å²) in [5, 5.41) is 0. The highest BCUT2D eigenvalue weighted by Crippen LogP contribution is 2.25. The smallest absolute Gasteiger partial charge is 0.309 e. The van der Waals surface area contributed by atoms with Crippen LogP contribution < -0.4 is 0 Å². The van der Waals surface area contributed by atoms with E-state index in [9.17, 15) is 4.79 Å². The Morgan fingerprint density at radius 1 is 1.38 bits per heavy atom. The molecule has 0 amide bonds. The summed E-state index contributed by atoms with van der Waals surface area (Å²) in [7, 11) is 0. The Morgan fingerprint density at radius 2 is 2.00 bits per heavy atom. The SMILES string of the molecule is CCC(C)OC(=O)C1CCCCC1. The minimum Gasteiger partial charge on any atom is -0.462 e. The van der Waals surface area contributed by atoms with Crippen LogP contribution in [0.2, 0.25) is 0 Å². The van der Waals surface area contributed by atoms with Crippen LogP contribution in [0.5, 0.6) is 0 Å². The van der Waals surface area contributed by atoms with Crippen molar-refractivity contribution >= 4 is 5.97 Å². The van der Waals surface area contributed by atoms with Gasteiger partial charge in [-0.25, -0.2) is 0 Å². The zero-order valence-electron chi connectivity index (χ0n) is 8.71. The monoisotopic (exact) mass is 184 g/mol. The standard InChI is InChI=1S/C11H20O2/c1-3-9(2)13-11(12)10-7-5-4-6-8-10/h9-10H,3-8H2,1-2H3. The maximum atomic E-state index is 11.5. The molecule has 0 saturated heterocycles. The summed E-state index contributed by atoms with van der Waals surface area (Å²) in [6.07, 6.45) is 6.76. The van der Waals surface area contributed by atoms with Gasteiger partial charge in [-0.05, 0) is 26.2 Å². The molecular formula is C11H20O2. The van der Waals surface area contributed by atoms with Gasteiger partial charge < -0.3 is 4.74 Å². The Labute approximate surface area is 80.7 Å². The maximum absolute atomic E-state index is 11.5. The normalized spacial score (nSPS) is 21.1. The minimum atomic E-state index is 0.0362. The lowest BCUT2D eigenvalue weighted by atomic mass is 9.89. The largest absolute Gasteiger partial charge is 0.462 e. The van der Waals surface area contributed by atoms with Crippen LogP contribution in [0.1, 0.15) is 52.4 Å². The van der Waals surface area contributed by atoms with Gasteiger partial charge in [0.1, 0.15) is 0 Å². The van der Waals surface area contributed by atoms with Crippen molar-refractivity contribution in [3.8, 4) is 0 Å². The van der Waals surface area contributed by atoms with E-state index < -0.39 is 0 Å². The van der Waals surface area contributed by atoms with E-state index in [1.807, 2.05) is 13.8 Å². The first-order chi connectivity index (χ1) is 6.24. The molecule has 0 aromatic rings. The molecule has 1 saturated carbocycles. The van der Waals surface area contributed by atoms with Gasteiger partial charge in [-0.1, -0.05) is 26.2 Å². The lowest BCUT2D eigenvalue weighted by molar-refractivity contribution is -0.154. The summed E-state index contributed by atoms with van der Waals surface area (Å²) in [4.78, 5) is 11.5. The molecule has 2 nitrogen and oxygen atoms in total. The van der Waals surface area contributed by atoms with Crippen LogP contribution in [-0.2, 0) is 9.53 Å². The molecule has 76 valence electrons. The quantitative estimate of drug-likeness (QED) is 0.630. The molecule has 1 atom stereocenters. The van der Waals surface area contributed by atoms with E-state index in [2.05, 4.69) is 0 Å². The van der Waals surface area contributed by atoms with Crippen LogP contribution in [0.3, 0.4) is 0 Å². The predicted octanol–water partition coefficient (Wildman–Crippen LogP) is 2.91. The molecule has 0 radical (unpaired) electrons. The second kappa shape index (κ2) is 5.25. The number of hydrogen-bond donors (Lipinski definition) is 0. The average Bonchev–Trinajstić information content (AvgIpc) is 2.19. The van der Waals surface area contributed by atoms with E-state index in [1.54, 1.807) is 0 Å². The topological polar surface area (TPSA) is 26.3 Å². The molecule has 1 unspecified atom stereocenters. The number of ether oxygens (including phenoxy) is 1. The van der Waals surface area contributed by atoms with Crippen molar-refractivity contribution in [1.29, 1.82) is 0 Å². The summed E-state index contributed by atoms with van der Waals surface area (Å²) in [5.74, 6) is 0.233. The van der Waals surface area contributed by atoms with Gasteiger partial charge in [0.05, 0.1) is 12.0 Å². The second-order valence-corrected chi connectivity index (χ2v) is 3.99. The van der Waals surface area contributed by atoms with Crippen LogP contribution in [0.15, 0.2) is 0 Å². The fraction of sp³-hybridized carbons (Fsp3) is 0.909. The van der Waals surface area contributed by atoms with Crippen molar-refractivity contribution in [3.05, 3.63) is 0 Å². The predicted molar refractivity (Wildman–Crippen MR) is 52.4 cm³/mol. The van der Waals surface area contributed by atoms with Crippen molar-refractivity contribution in [2.24, 2.45) is 5.92 Å². The van der Waals surface area contributed by atoms with Crippen LogP contribution in [-0.4, -0.2) is 12.1 Å². The molecular weight excluding hydrogens is 164 g/mol. The molecule has 1 aliphatic carbocycles. The molecule has 13 heavy (non-hydrogen) atoms. The molecule has 0 N–H and O–H groups in total. The van der Waals surface area contributed by atoms with Gasteiger partial charge in [0.15, 0.2) is 0 Å². The fourth-order valence-electron chi connectivity index (χ4n) is 1.72. The molecule has 0 aliphatic heterocycles. The molecule has 1 fully saturated rings. The first-order valence-electron chi connectivity index (χ1n) is 5.44. The highest BCUT2D eigenvalue weighted by molar-refractivity contribution is 5.72. The van der Waals surface area contributed by atoms with Gasteiger partial charge >= 0.3 is 5.97 Å². The third-order valence-corrected chi connectivity index (χ3v) is 2.83. The maximum Gasteiger partial charge on any atom is 0.309 e. The number of hydrogen-bond acceptors (Lipinski definition) is 2. The van der Waals surface area contributed by atoms with Crippen molar-refractivity contribution in [1.82, 2.24) is 0 Å². The van der Waals surface area contributed by atoms with E-state index >= 15 is 0 Å². The van der Waals surface area contributed by atoms with E-state index in [1.165, 1.54) is 19.3 Å². The number of carbonyl (C=O) groups is 1. The summed E-state index contributed by atoms with van der Waals surface area (Å²) < 4.78 is 5.30. The Bertz CT molecular complexity index is 159. The van der Waals surface area contributed by atoms with Gasteiger partial charge in [-0.2, -0.15) is 0 Å². The number of rotatable bonds is 3. The molecule has 2 heteroatoms. The van der Waals surface area contributed by atoms with Gasteiger partial charge in [-0.3, -0.25) is 4.79 Å². The second-order valence-electron chi connectivity index (χ2n) is 3.99. The third-order valence-electron chi connectivity index (χ3n) is 2.83. The fourth-order valence-corrected chi connectivity index (χ4v) is 1.72. The molecule has 0 aromatic heterocycles. The molecule has 0 heterocycles. The summed E-state index contributed by atoms with van der Waals surface area (Å²) in [6, 6.07) is 0. The van der Waals surface area contributed by atoms with Crippen molar-refractivity contribution in [3.63, 3.8) is 0 Å². The van der Waals surface area contributed by atoms with Crippen LogP contribution >= 0.6 is 0 Å². The zero-order chi connectivity index (χ0) is 9.68. The lowest BCUT2D eigenvalue weighted by Crippen LogP contribution is -2.24. The molecule has 0 spiro atoms. The van der Waals surface area contributed by atoms with E-state index in [-0.39, 0.29) is 18.0 Å². The molecule has 0 bridgehead atoms. The minimum absolute atomic E-state index is 0.0362. The van der Waals surface area contributed by atoms with Crippen LogP contribution in [0, 0.1) is 5.92 Å². The lowest BCUT2D eigenvalue weighted by Gasteiger charge is -2.21. The Balaban J connectivity index is 2.29. The third kappa shape index (κ3) is 3.37. The summed E-state index contributed by atoms with van der Waals surface area (Å²) >= 11 is 0. The summed E-state index contributed by atoms with van der Waals surface area (Å²) in [5.41, 5.74) is 0. The Morgan fingerprint density at radius 3 is 2.54 bits per heavy atom. The van der Waals surface area contributed by atoms with Gasteiger partial charge in [-0.15, -0.1) is 0 Å². The Hall–Kier alpha value is -0.530. The van der Waals surface area contributed by atoms with Gasteiger partial charge in [0.2, 0.25) is 0 Å². The van der Waals surface area contributed by atoms with Crippen LogP contribution in [0.4, 0.5) is 0 Å². The van der Waals surface area contributed by atoms with E-state index in [0.29, 0.717) is 0 Å². The summed E-state index contributed by atoms with van der Waals surface area (Å²) in [6.45, 7) is 4.00. The highest BCUT2D eigenvalue weighted by Gasteiger charge is 2.23.